The molecule has 0 saturated heterocycles. The van der Waals surface area contributed by atoms with Gasteiger partial charge < -0.3 is 25.4 Å². The molecule has 2 aromatic carbocycles. The van der Waals surface area contributed by atoms with E-state index in [2.05, 4.69) is 16.0 Å². The number of halogens is 3. The van der Waals surface area contributed by atoms with E-state index in [0.717, 1.165) is 6.07 Å². The van der Waals surface area contributed by atoms with Crippen molar-refractivity contribution in [3.63, 3.8) is 0 Å². The lowest BCUT2D eigenvalue weighted by Crippen LogP contribution is -2.46. The van der Waals surface area contributed by atoms with Gasteiger partial charge in [-0.2, -0.15) is 13.2 Å². The second-order valence-electron chi connectivity index (χ2n) is 6.68. The van der Waals surface area contributed by atoms with E-state index in [1.54, 1.807) is 25.1 Å². The van der Waals surface area contributed by atoms with Crippen LogP contribution in [0.4, 0.5) is 18.9 Å². The number of rotatable bonds is 5. The van der Waals surface area contributed by atoms with E-state index in [9.17, 15) is 18.0 Å². The highest BCUT2D eigenvalue weighted by Gasteiger charge is 2.39. The summed E-state index contributed by atoms with van der Waals surface area (Å²) in [6.45, 7) is 1.58. The molecule has 1 heterocycles. The Kier molecular flexibility index (Phi) is 6.40. The van der Waals surface area contributed by atoms with Crippen LogP contribution in [0.3, 0.4) is 0 Å². The molecule has 1 atom stereocenters. The number of carbonyl (C=O) groups excluding carboxylic acids is 1. The summed E-state index contributed by atoms with van der Waals surface area (Å²) in [5, 5.41) is 8.42. The molecule has 3 rings (SSSR count). The monoisotopic (exact) mass is 451 g/mol. The van der Waals surface area contributed by atoms with Gasteiger partial charge in [0.15, 0.2) is 5.11 Å². The van der Waals surface area contributed by atoms with Gasteiger partial charge in [-0.25, -0.2) is 0 Å². The minimum absolute atomic E-state index is 0.0724. The number of alkyl halides is 3. The number of benzene rings is 2. The molecule has 0 bridgehead atoms. The van der Waals surface area contributed by atoms with Crippen molar-refractivity contribution in [2.45, 2.75) is 19.1 Å². The number of allylic oxidation sites excluding steroid dienone is 1. The number of hydrogen-bond acceptors (Lipinski definition) is 4. The summed E-state index contributed by atoms with van der Waals surface area (Å²) in [4.78, 5) is 13.2. The maximum Gasteiger partial charge on any atom is 0.416 e. The highest BCUT2D eigenvalue weighted by atomic mass is 32.1. The largest absolute Gasteiger partial charge is 0.497 e. The smallest absolute Gasteiger partial charge is 0.416 e. The first-order chi connectivity index (χ1) is 14.7. The molecule has 0 fully saturated rings. The predicted octanol–water partition coefficient (Wildman–Crippen LogP) is 4.15. The van der Waals surface area contributed by atoms with Crippen molar-refractivity contribution < 1.29 is 27.4 Å². The number of methoxy groups -OCH3 is 2. The van der Waals surface area contributed by atoms with E-state index in [1.165, 1.54) is 32.4 Å². The summed E-state index contributed by atoms with van der Waals surface area (Å²) in [6.07, 6.45) is -4.60. The SMILES string of the molecule is COc1ccc(NC(=O)C2=C(C)NC(=S)N[C@H]2c2ccccc2C(F)(F)F)c(OC)c1. The predicted molar refractivity (Wildman–Crippen MR) is 114 cm³/mol. The highest BCUT2D eigenvalue weighted by Crippen LogP contribution is 2.38. The second kappa shape index (κ2) is 8.84. The number of anilines is 1. The molecule has 0 radical (unpaired) electrons. The third-order valence-electron chi connectivity index (χ3n) is 4.75. The minimum atomic E-state index is -4.60. The van der Waals surface area contributed by atoms with Gasteiger partial charge in [0.25, 0.3) is 5.91 Å². The summed E-state index contributed by atoms with van der Waals surface area (Å²) in [5.41, 5.74) is -0.203. The molecule has 10 heteroatoms. The zero-order valence-corrected chi connectivity index (χ0v) is 17.7. The lowest BCUT2D eigenvalue weighted by atomic mass is 9.91. The van der Waals surface area contributed by atoms with Crippen LogP contribution in [0.25, 0.3) is 0 Å². The molecule has 1 aliphatic heterocycles. The van der Waals surface area contributed by atoms with E-state index >= 15 is 0 Å². The Morgan fingerprint density at radius 3 is 2.48 bits per heavy atom. The molecule has 6 nitrogen and oxygen atoms in total. The fourth-order valence-corrected chi connectivity index (χ4v) is 3.60. The van der Waals surface area contributed by atoms with Crippen LogP contribution in [0.1, 0.15) is 24.1 Å². The fraction of sp³-hybridized carbons (Fsp3) is 0.238. The summed E-state index contributed by atoms with van der Waals surface area (Å²) in [7, 11) is 2.92. The van der Waals surface area contributed by atoms with Crippen molar-refractivity contribution in [1.82, 2.24) is 10.6 Å². The Bertz CT molecular complexity index is 1050. The maximum absolute atomic E-state index is 13.6. The van der Waals surface area contributed by atoms with E-state index in [-0.39, 0.29) is 16.2 Å². The first kappa shape index (κ1) is 22.4. The van der Waals surface area contributed by atoms with Gasteiger partial charge in [0.1, 0.15) is 11.5 Å². The normalized spacial score (nSPS) is 16.3. The molecule has 0 aromatic heterocycles. The molecule has 0 saturated carbocycles. The van der Waals surface area contributed by atoms with Crippen LogP contribution in [-0.2, 0) is 11.0 Å². The van der Waals surface area contributed by atoms with Gasteiger partial charge >= 0.3 is 6.18 Å². The average molecular weight is 451 g/mol. The summed E-state index contributed by atoms with van der Waals surface area (Å²) in [6, 6.07) is 8.76. The van der Waals surface area contributed by atoms with Gasteiger partial charge in [0, 0.05) is 11.8 Å². The molecular weight excluding hydrogens is 431 g/mol. The van der Waals surface area contributed by atoms with Crippen LogP contribution in [0.5, 0.6) is 11.5 Å². The molecule has 1 amide bonds. The Balaban J connectivity index is 2.03. The molecule has 31 heavy (non-hydrogen) atoms. The van der Waals surface area contributed by atoms with Crippen molar-refractivity contribution in [2.75, 3.05) is 19.5 Å². The number of carbonyl (C=O) groups is 1. The van der Waals surface area contributed by atoms with Crippen molar-refractivity contribution >= 4 is 28.9 Å². The van der Waals surface area contributed by atoms with Crippen molar-refractivity contribution in [1.29, 1.82) is 0 Å². The molecule has 0 spiro atoms. The van der Waals surface area contributed by atoms with Gasteiger partial charge in [-0.3, -0.25) is 4.79 Å². The molecule has 0 aliphatic carbocycles. The van der Waals surface area contributed by atoms with Crippen LogP contribution < -0.4 is 25.4 Å². The van der Waals surface area contributed by atoms with Gasteiger partial charge in [-0.15, -0.1) is 0 Å². The standard InChI is InChI=1S/C21H20F3N3O3S/c1-11-17(19(28)26-15-9-8-12(29-2)10-16(15)30-3)18(27-20(31)25-11)13-6-4-5-7-14(13)21(22,23)24/h4-10,18H,1-3H3,(H,26,28)(H2,25,27,31)/t18-/m0/s1. The zero-order chi connectivity index (χ0) is 22.8. The molecular formula is C21H20F3N3O3S. The number of thiocarbonyl (C=S) groups is 1. The van der Waals surface area contributed by atoms with E-state index in [0.29, 0.717) is 22.9 Å². The number of amides is 1. The Labute approximate surface area is 182 Å². The Hall–Kier alpha value is -3.27. The lowest BCUT2D eigenvalue weighted by Gasteiger charge is -2.32. The van der Waals surface area contributed by atoms with Crippen LogP contribution in [-0.4, -0.2) is 25.2 Å². The van der Waals surface area contributed by atoms with Crippen molar-refractivity contribution in [2.24, 2.45) is 0 Å². The molecule has 164 valence electrons. The van der Waals surface area contributed by atoms with Crippen LogP contribution in [0.2, 0.25) is 0 Å². The van der Waals surface area contributed by atoms with E-state index < -0.39 is 23.7 Å². The first-order valence-corrected chi connectivity index (χ1v) is 9.54. The molecule has 2 aromatic rings. The molecule has 3 N–H and O–H groups in total. The number of hydrogen-bond donors (Lipinski definition) is 3. The Morgan fingerprint density at radius 2 is 1.84 bits per heavy atom. The van der Waals surface area contributed by atoms with Gasteiger partial charge in [0.2, 0.25) is 0 Å². The molecule has 0 unspecified atom stereocenters. The van der Waals surface area contributed by atoms with Crippen molar-refractivity contribution in [3.05, 3.63) is 64.9 Å². The summed E-state index contributed by atoms with van der Waals surface area (Å²) < 4.78 is 51.3. The Morgan fingerprint density at radius 1 is 1.13 bits per heavy atom. The highest BCUT2D eigenvalue weighted by molar-refractivity contribution is 7.80. The number of ether oxygens (including phenoxy) is 2. The summed E-state index contributed by atoms with van der Waals surface area (Å²) >= 11 is 5.13. The van der Waals surface area contributed by atoms with E-state index in [1.807, 2.05) is 0 Å². The maximum atomic E-state index is 13.6. The van der Waals surface area contributed by atoms with Gasteiger partial charge in [0.05, 0.1) is 37.1 Å². The quantitative estimate of drug-likeness (QED) is 0.594. The third-order valence-corrected chi connectivity index (χ3v) is 4.97. The fourth-order valence-electron chi connectivity index (χ4n) is 3.33. The summed E-state index contributed by atoms with van der Waals surface area (Å²) in [5.74, 6) is 0.254. The van der Waals surface area contributed by atoms with Gasteiger partial charge in [-0.1, -0.05) is 18.2 Å². The topological polar surface area (TPSA) is 71.6 Å². The minimum Gasteiger partial charge on any atom is -0.497 e. The van der Waals surface area contributed by atoms with Crippen LogP contribution >= 0.6 is 12.2 Å². The van der Waals surface area contributed by atoms with Crippen LogP contribution in [0.15, 0.2) is 53.7 Å². The lowest BCUT2D eigenvalue weighted by molar-refractivity contribution is -0.138. The van der Waals surface area contributed by atoms with E-state index in [4.69, 9.17) is 21.7 Å². The van der Waals surface area contributed by atoms with Crippen LogP contribution in [0, 0.1) is 0 Å². The second-order valence-corrected chi connectivity index (χ2v) is 7.08. The first-order valence-electron chi connectivity index (χ1n) is 9.13. The average Bonchev–Trinajstić information content (AvgIpc) is 2.72. The molecule has 1 aliphatic rings. The zero-order valence-electron chi connectivity index (χ0n) is 16.9. The number of nitrogens with one attached hydrogen (secondary N) is 3. The van der Waals surface area contributed by atoms with Crippen molar-refractivity contribution in [3.8, 4) is 11.5 Å². The third kappa shape index (κ3) is 4.74. The van der Waals surface area contributed by atoms with Gasteiger partial charge in [-0.05, 0) is 42.9 Å².